The number of carboxylic acid groups (broad SMARTS) is 1. The van der Waals surface area contributed by atoms with Gasteiger partial charge in [-0.3, -0.25) is 4.79 Å². The first-order valence-corrected chi connectivity index (χ1v) is 7.11. The molecule has 20 heavy (non-hydrogen) atoms. The van der Waals surface area contributed by atoms with Crippen LogP contribution in [0.15, 0.2) is 6.33 Å². The summed E-state index contributed by atoms with van der Waals surface area (Å²) < 4.78 is 1.79. The Kier molecular flexibility index (Phi) is 5.68. The highest BCUT2D eigenvalue weighted by Gasteiger charge is 2.39. The lowest BCUT2D eigenvalue weighted by Crippen LogP contribution is -2.42. The Morgan fingerprint density at radius 3 is 2.50 bits per heavy atom. The molecule has 0 saturated carbocycles. The van der Waals surface area contributed by atoms with Gasteiger partial charge in [-0.2, -0.15) is 5.10 Å². The first kappa shape index (κ1) is 16.6. The summed E-state index contributed by atoms with van der Waals surface area (Å²) >= 11 is 0. The molecule has 0 aliphatic carbocycles. The maximum atomic E-state index is 11.7. The van der Waals surface area contributed by atoms with Crippen molar-refractivity contribution >= 4 is 5.97 Å². The number of rotatable bonds is 8. The van der Waals surface area contributed by atoms with Crippen LogP contribution in [0.5, 0.6) is 0 Å². The third-order valence-electron chi connectivity index (χ3n) is 3.37. The van der Waals surface area contributed by atoms with Crippen molar-refractivity contribution in [2.75, 3.05) is 6.54 Å². The summed E-state index contributed by atoms with van der Waals surface area (Å²) in [4.78, 5) is 15.9. The number of aromatic nitrogens is 3. The van der Waals surface area contributed by atoms with Crippen LogP contribution in [0.25, 0.3) is 0 Å². The number of carbonyl (C=O) groups is 1. The van der Waals surface area contributed by atoms with Crippen LogP contribution in [0, 0.1) is 17.3 Å². The van der Waals surface area contributed by atoms with E-state index in [0.29, 0.717) is 24.6 Å². The van der Waals surface area contributed by atoms with Crippen molar-refractivity contribution in [3.8, 4) is 0 Å². The molecular weight excluding hydrogens is 256 g/mol. The van der Waals surface area contributed by atoms with E-state index in [9.17, 15) is 9.90 Å². The van der Waals surface area contributed by atoms with Gasteiger partial charge in [-0.05, 0) is 18.3 Å². The molecule has 3 N–H and O–H groups in total. The highest BCUT2D eigenvalue weighted by atomic mass is 16.4. The molecule has 0 aromatic carbocycles. The summed E-state index contributed by atoms with van der Waals surface area (Å²) in [6, 6.07) is 0. The lowest BCUT2D eigenvalue weighted by Gasteiger charge is -2.29. The smallest absolute Gasteiger partial charge is 0.311 e. The van der Waals surface area contributed by atoms with E-state index in [1.54, 1.807) is 4.68 Å². The van der Waals surface area contributed by atoms with Crippen LogP contribution in [0.1, 0.15) is 39.9 Å². The third-order valence-corrected chi connectivity index (χ3v) is 3.37. The quantitative estimate of drug-likeness (QED) is 0.754. The second-order valence-corrected chi connectivity index (χ2v) is 6.32. The molecule has 1 rings (SSSR count). The van der Waals surface area contributed by atoms with Crippen molar-refractivity contribution in [1.29, 1.82) is 0 Å². The molecule has 1 aromatic rings. The van der Waals surface area contributed by atoms with Gasteiger partial charge in [0, 0.05) is 19.5 Å². The van der Waals surface area contributed by atoms with Crippen molar-refractivity contribution in [3.63, 3.8) is 0 Å². The Morgan fingerprint density at radius 1 is 1.40 bits per heavy atom. The lowest BCUT2D eigenvalue weighted by atomic mass is 9.77. The minimum Gasteiger partial charge on any atom is -0.481 e. The molecule has 1 aromatic heterocycles. The molecule has 1 atom stereocenters. The van der Waals surface area contributed by atoms with E-state index in [2.05, 4.69) is 23.9 Å². The topological polar surface area (TPSA) is 94.0 Å². The SMILES string of the molecule is CC(C)Cn1ncnc1CC(CN)(CC(C)C)C(=O)O. The highest BCUT2D eigenvalue weighted by Crippen LogP contribution is 2.30. The Balaban J connectivity index is 3.01. The van der Waals surface area contributed by atoms with Gasteiger partial charge in [0.05, 0.1) is 5.41 Å². The van der Waals surface area contributed by atoms with Crippen molar-refractivity contribution in [2.24, 2.45) is 23.0 Å². The summed E-state index contributed by atoms with van der Waals surface area (Å²) in [6.45, 7) is 9.03. The predicted octanol–water partition coefficient (Wildman–Crippen LogP) is 1.55. The fourth-order valence-corrected chi connectivity index (χ4v) is 2.49. The minimum atomic E-state index is -0.962. The Hall–Kier alpha value is -1.43. The monoisotopic (exact) mass is 282 g/mol. The van der Waals surface area contributed by atoms with Gasteiger partial charge in [0.25, 0.3) is 0 Å². The molecule has 0 aliphatic rings. The molecular formula is C14H26N4O2. The van der Waals surface area contributed by atoms with Gasteiger partial charge in [-0.1, -0.05) is 27.7 Å². The van der Waals surface area contributed by atoms with E-state index in [1.165, 1.54) is 6.33 Å². The zero-order valence-electron chi connectivity index (χ0n) is 12.8. The van der Waals surface area contributed by atoms with E-state index < -0.39 is 11.4 Å². The number of nitrogens with two attached hydrogens (primary N) is 1. The van der Waals surface area contributed by atoms with Gasteiger partial charge in [-0.15, -0.1) is 0 Å². The average molecular weight is 282 g/mol. The summed E-state index contributed by atoms with van der Waals surface area (Å²) in [5.41, 5.74) is 4.82. The van der Waals surface area contributed by atoms with Crippen LogP contribution >= 0.6 is 0 Å². The van der Waals surface area contributed by atoms with Crippen LogP contribution in [0.2, 0.25) is 0 Å². The largest absolute Gasteiger partial charge is 0.481 e. The van der Waals surface area contributed by atoms with E-state index in [4.69, 9.17) is 5.73 Å². The van der Waals surface area contributed by atoms with Crippen molar-refractivity contribution < 1.29 is 9.90 Å². The molecule has 0 aliphatic heterocycles. The molecule has 0 spiro atoms. The van der Waals surface area contributed by atoms with Gasteiger partial charge in [0.15, 0.2) is 0 Å². The van der Waals surface area contributed by atoms with Crippen LogP contribution in [0.4, 0.5) is 0 Å². The molecule has 114 valence electrons. The van der Waals surface area contributed by atoms with Gasteiger partial charge in [0.2, 0.25) is 0 Å². The zero-order chi connectivity index (χ0) is 15.3. The van der Waals surface area contributed by atoms with Crippen LogP contribution in [-0.2, 0) is 17.8 Å². The molecule has 0 bridgehead atoms. The molecule has 6 heteroatoms. The molecule has 6 nitrogen and oxygen atoms in total. The number of hydrogen-bond donors (Lipinski definition) is 2. The predicted molar refractivity (Wildman–Crippen MR) is 77.1 cm³/mol. The molecule has 0 radical (unpaired) electrons. The standard InChI is InChI=1S/C14H26N4O2/c1-10(2)5-14(8-15,13(19)20)6-12-16-9-17-18(12)7-11(3)4/h9-11H,5-8,15H2,1-4H3,(H,19,20). The minimum absolute atomic E-state index is 0.106. The molecule has 0 fully saturated rings. The Morgan fingerprint density at radius 2 is 2.05 bits per heavy atom. The first-order chi connectivity index (χ1) is 9.30. The number of nitrogens with zero attached hydrogens (tertiary/aromatic N) is 3. The zero-order valence-corrected chi connectivity index (χ0v) is 12.8. The maximum Gasteiger partial charge on any atom is 0.311 e. The van der Waals surface area contributed by atoms with Gasteiger partial charge >= 0.3 is 5.97 Å². The van der Waals surface area contributed by atoms with Crippen molar-refractivity contribution in [2.45, 2.75) is 47.1 Å². The molecule has 0 saturated heterocycles. The first-order valence-electron chi connectivity index (χ1n) is 7.11. The van der Waals surface area contributed by atoms with E-state index in [0.717, 1.165) is 6.54 Å². The fourth-order valence-electron chi connectivity index (χ4n) is 2.49. The van der Waals surface area contributed by atoms with E-state index in [-0.39, 0.29) is 12.5 Å². The van der Waals surface area contributed by atoms with Gasteiger partial charge in [-0.25, -0.2) is 9.67 Å². The Labute approximate surface area is 120 Å². The molecule has 1 unspecified atom stereocenters. The van der Waals surface area contributed by atoms with Gasteiger partial charge in [0.1, 0.15) is 12.2 Å². The number of hydrogen-bond acceptors (Lipinski definition) is 4. The number of aliphatic carboxylic acids is 1. The second-order valence-electron chi connectivity index (χ2n) is 6.32. The van der Waals surface area contributed by atoms with Crippen molar-refractivity contribution in [3.05, 3.63) is 12.2 Å². The van der Waals surface area contributed by atoms with Gasteiger partial charge < -0.3 is 10.8 Å². The number of carboxylic acids is 1. The van der Waals surface area contributed by atoms with Crippen molar-refractivity contribution in [1.82, 2.24) is 14.8 Å². The average Bonchev–Trinajstić information content (AvgIpc) is 2.73. The highest BCUT2D eigenvalue weighted by molar-refractivity contribution is 5.75. The van der Waals surface area contributed by atoms with Crippen LogP contribution in [-0.4, -0.2) is 32.4 Å². The van der Waals surface area contributed by atoms with E-state index >= 15 is 0 Å². The molecule has 1 heterocycles. The Bertz CT molecular complexity index is 442. The third kappa shape index (κ3) is 4.03. The second kappa shape index (κ2) is 6.83. The summed E-state index contributed by atoms with van der Waals surface area (Å²) in [7, 11) is 0. The lowest BCUT2D eigenvalue weighted by molar-refractivity contribution is -0.149. The molecule has 0 amide bonds. The summed E-state index contributed by atoms with van der Waals surface area (Å²) in [5.74, 6) is 0.536. The fraction of sp³-hybridized carbons (Fsp3) is 0.786. The summed E-state index contributed by atoms with van der Waals surface area (Å²) in [5, 5.41) is 13.8. The summed E-state index contributed by atoms with van der Waals surface area (Å²) in [6.07, 6.45) is 2.34. The van der Waals surface area contributed by atoms with Crippen LogP contribution in [0.3, 0.4) is 0 Å². The normalized spacial score (nSPS) is 14.8. The van der Waals surface area contributed by atoms with Crippen LogP contribution < -0.4 is 5.73 Å². The van der Waals surface area contributed by atoms with E-state index in [1.807, 2.05) is 13.8 Å². The maximum absolute atomic E-state index is 11.7.